The van der Waals surface area contributed by atoms with Gasteiger partial charge in [0, 0.05) is 61.0 Å². The molecule has 8 rings (SSSR count). The number of benzene rings is 4. The summed E-state index contributed by atoms with van der Waals surface area (Å²) in [5.74, 6) is 0.239. The van der Waals surface area contributed by atoms with Crippen molar-refractivity contribution in [3.63, 3.8) is 0 Å². The Morgan fingerprint density at radius 1 is 1.02 bits per heavy atom. The third kappa shape index (κ3) is 9.00. The van der Waals surface area contributed by atoms with Crippen LogP contribution in [0.3, 0.4) is 0 Å². The molecule has 326 valence electrons. The Labute approximate surface area is 371 Å². The molecule has 63 heavy (non-hydrogen) atoms. The number of nitrogens with one attached hydrogen (secondary N) is 2. The fourth-order valence-electron chi connectivity index (χ4n) is 8.67. The van der Waals surface area contributed by atoms with E-state index in [9.17, 15) is 14.9 Å². The van der Waals surface area contributed by atoms with E-state index < -0.39 is 30.4 Å². The molecule has 0 atom stereocenters. The SMILES string of the molecule is COc1cccc(CNc2ccc(S(=O)(=O)[N+]3(c4ccc(C(N)=O)c(Oc5cnc6[nH]ccc6c5)c4)CCN(CC4=C(c5ccc(Cl)cc5)CC(C)(C)CC4)CC3)cc2[N+](=O)[O-])c1. The molecule has 0 saturated carbocycles. The molecular weight excluding hydrogens is 842 g/mol. The van der Waals surface area contributed by atoms with Crippen molar-refractivity contribution in [1.82, 2.24) is 18.8 Å². The molecule has 4 aromatic carbocycles. The number of piperazine rings is 1. The van der Waals surface area contributed by atoms with E-state index in [2.05, 4.69) is 46.2 Å². The molecule has 1 fully saturated rings. The first-order chi connectivity index (χ1) is 30.1. The molecule has 2 aliphatic rings. The van der Waals surface area contributed by atoms with Crippen LogP contribution in [0.25, 0.3) is 16.6 Å². The summed E-state index contributed by atoms with van der Waals surface area (Å²) in [6, 6.07) is 27.3. The van der Waals surface area contributed by atoms with Gasteiger partial charge in [-0.1, -0.05) is 55.3 Å². The summed E-state index contributed by atoms with van der Waals surface area (Å²) in [6.45, 7) is 6.38. The zero-order valence-electron chi connectivity index (χ0n) is 35.3. The van der Waals surface area contributed by atoms with Crippen LogP contribution in [0, 0.1) is 15.5 Å². The molecule has 0 radical (unpaired) electrons. The lowest BCUT2D eigenvalue weighted by Crippen LogP contribution is -2.63. The molecule has 1 amide bonds. The van der Waals surface area contributed by atoms with Crippen molar-refractivity contribution in [2.24, 2.45) is 11.1 Å². The molecule has 6 aromatic rings. The number of H-pyrrole nitrogens is 1. The predicted molar refractivity (Wildman–Crippen MR) is 246 cm³/mol. The number of hydrogen-bond acceptors (Lipinski definition) is 10. The van der Waals surface area contributed by atoms with E-state index in [0.717, 1.165) is 41.8 Å². The Bertz CT molecular complexity index is 2850. The molecule has 0 unspecified atom stereocenters. The van der Waals surface area contributed by atoms with Gasteiger partial charge in [-0.25, -0.2) is 4.98 Å². The van der Waals surface area contributed by atoms with Gasteiger partial charge in [0.05, 0.1) is 23.8 Å². The summed E-state index contributed by atoms with van der Waals surface area (Å²) in [7, 11) is -2.89. The van der Waals surface area contributed by atoms with Gasteiger partial charge >= 0.3 is 10.0 Å². The van der Waals surface area contributed by atoms with Gasteiger partial charge in [-0.15, -0.1) is 0 Å². The Balaban J connectivity index is 1.17. The topological polar surface area (TPSA) is 183 Å². The third-order valence-electron chi connectivity index (χ3n) is 12.2. The second kappa shape index (κ2) is 17.5. The average molecular weight is 891 g/mol. The Morgan fingerprint density at radius 2 is 1.79 bits per heavy atom. The minimum atomic E-state index is -4.45. The second-order valence-corrected chi connectivity index (χ2v) is 19.4. The van der Waals surface area contributed by atoms with E-state index in [1.165, 1.54) is 41.6 Å². The van der Waals surface area contributed by atoms with E-state index >= 15 is 8.42 Å². The summed E-state index contributed by atoms with van der Waals surface area (Å²) >= 11 is 6.28. The molecule has 0 bridgehead atoms. The van der Waals surface area contributed by atoms with Crippen molar-refractivity contribution in [3.8, 4) is 17.2 Å². The number of fused-ring (bicyclic) bond motifs is 1. The first-order valence-corrected chi connectivity index (χ1v) is 22.5. The highest BCUT2D eigenvalue weighted by Gasteiger charge is 2.49. The van der Waals surface area contributed by atoms with E-state index in [1.807, 2.05) is 36.4 Å². The van der Waals surface area contributed by atoms with Gasteiger partial charge in [0.25, 0.3) is 11.6 Å². The normalized spacial score (nSPS) is 16.4. The van der Waals surface area contributed by atoms with Crippen LogP contribution >= 0.6 is 11.6 Å². The number of carbonyl (C=O) groups excluding carboxylic acids is 1. The minimum Gasteiger partial charge on any atom is -0.497 e. The van der Waals surface area contributed by atoms with Gasteiger partial charge in [0.1, 0.15) is 46.6 Å². The number of carbonyl (C=O) groups is 1. The first-order valence-electron chi connectivity index (χ1n) is 20.7. The number of pyridine rings is 1. The Morgan fingerprint density at radius 3 is 2.52 bits per heavy atom. The van der Waals surface area contributed by atoms with Crippen molar-refractivity contribution < 1.29 is 27.6 Å². The maximum atomic E-state index is 15.4. The number of aromatic amines is 1. The van der Waals surface area contributed by atoms with Crippen molar-refractivity contribution in [2.75, 3.05) is 45.2 Å². The molecule has 14 nitrogen and oxygen atoms in total. The lowest BCUT2D eigenvalue weighted by atomic mass is 9.72. The number of sulfonamides is 1. The molecule has 16 heteroatoms. The van der Waals surface area contributed by atoms with Crippen LogP contribution in [0.4, 0.5) is 17.1 Å². The number of nitrogens with two attached hydrogens (primary N) is 1. The number of aromatic nitrogens is 2. The number of nitrogens with zero attached hydrogens (tertiary/aromatic N) is 4. The molecule has 3 heterocycles. The number of halogens is 1. The summed E-state index contributed by atoms with van der Waals surface area (Å²) < 4.78 is 41.8. The molecule has 1 aliphatic carbocycles. The van der Waals surface area contributed by atoms with Crippen molar-refractivity contribution in [2.45, 2.75) is 44.6 Å². The number of amides is 1. The van der Waals surface area contributed by atoms with Gasteiger partial charge in [0.15, 0.2) is 5.69 Å². The van der Waals surface area contributed by atoms with Crippen molar-refractivity contribution in [1.29, 1.82) is 0 Å². The molecule has 1 aliphatic heterocycles. The van der Waals surface area contributed by atoms with Crippen LogP contribution < -0.4 is 24.4 Å². The maximum absolute atomic E-state index is 15.4. The lowest BCUT2D eigenvalue weighted by molar-refractivity contribution is -0.384. The van der Waals surface area contributed by atoms with Gasteiger partial charge in [-0.3, -0.25) is 19.8 Å². The highest BCUT2D eigenvalue weighted by atomic mass is 35.5. The number of rotatable bonds is 14. The minimum absolute atomic E-state index is 0.0473. The number of ether oxygens (including phenoxy) is 2. The standard InChI is InChI=1S/C47H48ClN7O7S/c1-47(2)17-15-34(41(27-47)32-7-9-35(48)10-8-32)30-53-19-21-55(22-20-53,36-11-13-40(45(49)56)44(25-36)62-38-24-33-16-18-50-46(33)52-29-38)63(59,60)39-12-14-42(43(26-39)54(57)58)51-28-31-5-4-6-37(23-31)61-3/h4-14,16,18,23-26,29,51H,15,17,19-22,27-28,30H2,1-3H3,(H2-,49,50,52,56)/p+1. The van der Waals surface area contributed by atoms with Gasteiger partial charge in [-0.2, -0.15) is 12.3 Å². The highest BCUT2D eigenvalue weighted by Crippen LogP contribution is 2.45. The zero-order chi connectivity index (χ0) is 44.5. The average Bonchev–Trinajstić information content (AvgIpc) is 3.75. The quantitative estimate of drug-likeness (QED) is 0.0541. The zero-order valence-corrected chi connectivity index (χ0v) is 36.8. The van der Waals surface area contributed by atoms with Crippen LogP contribution in [-0.2, 0) is 16.6 Å². The largest absolute Gasteiger partial charge is 0.497 e. The number of quaternary nitrogens is 1. The van der Waals surface area contributed by atoms with Crippen LogP contribution in [-0.4, -0.2) is 73.9 Å². The number of anilines is 1. The number of nitro groups is 1. The number of nitro benzene ring substituents is 1. The summed E-state index contributed by atoms with van der Waals surface area (Å²) in [5.41, 5.74) is 11.3. The smallest absolute Gasteiger partial charge is 0.332 e. The fourth-order valence-corrected chi connectivity index (χ4v) is 10.7. The van der Waals surface area contributed by atoms with Crippen molar-refractivity contribution in [3.05, 3.63) is 147 Å². The number of hydrogen-bond donors (Lipinski definition) is 3. The maximum Gasteiger partial charge on any atom is 0.332 e. The van der Waals surface area contributed by atoms with Gasteiger partial charge in [0.2, 0.25) is 0 Å². The number of allylic oxidation sites excluding steroid dienone is 1. The van der Waals surface area contributed by atoms with E-state index in [-0.39, 0.29) is 46.9 Å². The highest BCUT2D eigenvalue weighted by molar-refractivity contribution is 7.91. The number of methoxy groups -OCH3 is 1. The van der Waals surface area contributed by atoms with Gasteiger partial charge in [-0.05, 0) is 96.0 Å². The van der Waals surface area contributed by atoms with E-state index in [0.29, 0.717) is 47.5 Å². The molecule has 0 spiro atoms. The molecular formula is C47H49ClN7O7S+. The molecule has 2 aromatic heterocycles. The van der Waals surface area contributed by atoms with E-state index in [4.69, 9.17) is 26.8 Å². The monoisotopic (exact) mass is 890 g/mol. The summed E-state index contributed by atoms with van der Waals surface area (Å²) in [6.07, 6.45) is 6.06. The molecule has 1 saturated heterocycles. The first kappa shape index (κ1) is 43.4. The van der Waals surface area contributed by atoms with Gasteiger partial charge < -0.3 is 25.5 Å². The van der Waals surface area contributed by atoms with E-state index in [1.54, 1.807) is 31.5 Å². The van der Waals surface area contributed by atoms with Crippen molar-refractivity contribution >= 4 is 61.2 Å². The predicted octanol–water partition coefficient (Wildman–Crippen LogP) is 9.31. The Kier molecular flexibility index (Phi) is 12.0. The second-order valence-electron chi connectivity index (χ2n) is 16.9. The summed E-state index contributed by atoms with van der Waals surface area (Å²) in [4.78, 5) is 34.3. The van der Waals surface area contributed by atoms with Crippen LogP contribution in [0.15, 0.2) is 120 Å². The summed E-state index contributed by atoms with van der Waals surface area (Å²) in [5, 5.41) is 17.1. The number of primary amides is 1. The lowest BCUT2D eigenvalue weighted by Gasteiger charge is -2.43. The van der Waals surface area contributed by atoms with Crippen LogP contribution in [0.5, 0.6) is 17.2 Å². The fraction of sp³-hybridized carbons (Fsp3) is 0.277. The Hall–Kier alpha value is -6.26. The van der Waals surface area contributed by atoms with Crippen LogP contribution in [0.1, 0.15) is 54.6 Å². The van der Waals surface area contributed by atoms with Crippen LogP contribution in [0.2, 0.25) is 5.02 Å². The molecule has 4 N–H and O–H groups in total. The third-order valence-corrected chi connectivity index (χ3v) is 14.8.